The molecule has 124 valence electrons. The van der Waals surface area contributed by atoms with Crippen LogP contribution in [0, 0.1) is 0 Å². The SMILES string of the molecule is CC(C)OC(=O)/C=C/C(=O)OCCN(C)C(=O)c1ccccc1. The summed E-state index contributed by atoms with van der Waals surface area (Å²) in [4.78, 5) is 36.2. The van der Waals surface area contributed by atoms with Crippen molar-refractivity contribution in [2.24, 2.45) is 0 Å². The van der Waals surface area contributed by atoms with Gasteiger partial charge in [0.15, 0.2) is 0 Å². The van der Waals surface area contributed by atoms with Gasteiger partial charge in [-0.05, 0) is 26.0 Å². The molecule has 0 heterocycles. The molecular weight excluding hydrogens is 298 g/mol. The van der Waals surface area contributed by atoms with Crippen LogP contribution in [0.25, 0.3) is 0 Å². The van der Waals surface area contributed by atoms with Crippen LogP contribution in [0.2, 0.25) is 0 Å². The van der Waals surface area contributed by atoms with Gasteiger partial charge >= 0.3 is 11.9 Å². The van der Waals surface area contributed by atoms with E-state index in [9.17, 15) is 14.4 Å². The Balaban J connectivity index is 2.33. The summed E-state index contributed by atoms with van der Waals surface area (Å²) in [6.45, 7) is 3.72. The number of carbonyl (C=O) groups excluding carboxylic acids is 3. The third kappa shape index (κ3) is 7.26. The van der Waals surface area contributed by atoms with Gasteiger partial charge in [-0.2, -0.15) is 0 Å². The number of esters is 2. The van der Waals surface area contributed by atoms with E-state index >= 15 is 0 Å². The van der Waals surface area contributed by atoms with E-state index in [2.05, 4.69) is 0 Å². The Hall–Kier alpha value is -2.63. The molecular formula is C17H21NO5. The standard InChI is InChI=1S/C17H21NO5/c1-13(2)23-16(20)10-9-15(19)22-12-11-18(3)17(21)14-7-5-4-6-8-14/h4-10,13H,11-12H2,1-3H3/b10-9+. The molecule has 0 aliphatic heterocycles. The van der Waals surface area contributed by atoms with Crippen LogP contribution in [0.4, 0.5) is 0 Å². The predicted octanol–water partition coefficient (Wildman–Crippen LogP) is 1.81. The monoisotopic (exact) mass is 319 g/mol. The maximum absolute atomic E-state index is 12.0. The average molecular weight is 319 g/mol. The van der Waals surface area contributed by atoms with E-state index in [0.717, 1.165) is 12.2 Å². The summed E-state index contributed by atoms with van der Waals surface area (Å²) >= 11 is 0. The number of likely N-dealkylation sites (N-methyl/N-ethyl adjacent to an activating group) is 1. The van der Waals surface area contributed by atoms with Gasteiger partial charge in [0.1, 0.15) is 6.61 Å². The Morgan fingerprint density at radius 3 is 2.30 bits per heavy atom. The first-order valence-corrected chi connectivity index (χ1v) is 7.26. The molecule has 1 rings (SSSR count). The van der Waals surface area contributed by atoms with Gasteiger partial charge in [-0.3, -0.25) is 4.79 Å². The van der Waals surface area contributed by atoms with Gasteiger partial charge in [0, 0.05) is 24.8 Å². The van der Waals surface area contributed by atoms with Gasteiger partial charge in [-0.25, -0.2) is 9.59 Å². The minimum absolute atomic E-state index is 0.0392. The van der Waals surface area contributed by atoms with Crippen LogP contribution in [0.15, 0.2) is 42.5 Å². The van der Waals surface area contributed by atoms with E-state index in [4.69, 9.17) is 9.47 Å². The first-order chi connectivity index (χ1) is 10.9. The molecule has 0 saturated heterocycles. The Morgan fingerprint density at radius 2 is 1.70 bits per heavy atom. The number of amides is 1. The van der Waals surface area contributed by atoms with Gasteiger partial charge in [0.25, 0.3) is 5.91 Å². The summed E-state index contributed by atoms with van der Waals surface area (Å²) in [5.41, 5.74) is 0.567. The van der Waals surface area contributed by atoms with Crippen molar-refractivity contribution in [3.63, 3.8) is 0 Å². The lowest BCUT2D eigenvalue weighted by molar-refractivity contribution is -0.142. The van der Waals surface area contributed by atoms with Crippen molar-refractivity contribution in [3.05, 3.63) is 48.0 Å². The molecule has 0 bridgehead atoms. The van der Waals surface area contributed by atoms with Crippen LogP contribution >= 0.6 is 0 Å². The maximum Gasteiger partial charge on any atom is 0.331 e. The molecule has 1 aromatic carbocycles. The Bertz CT molecular complexity index is 566. The van der Waals surface area contributed by atoms with Gasteiger partial charge in [0.05, 0.1) is 12.6 Å². The molecule has 23 heavy (non-hydrogen) atoms. The van der Waals surface area contributed by atoms with Crippen LogP contribution in [-0.2, 0) is 19.1 Å². The summed E-state index contributed by atoms with van der Waals surface area (Å²) in [6.07, 6.45) is 1.77. The third-order valence-corrected chi connectivity index (χ3v) is 2.75. The summed E-state index contributed by atoms with van der Waals surface area (Å²) < 4.78 is 9.76. The minimum Gasteiger partial charge on any atom is -0.461 e. The van der Waals surface area contributed by atoms with Crippen molar-refractivity contribution in [1.82, 2.24) is 4.90 Å². The molecule has 6 nitrogen and oxygen atoms in total. The van der Waals surface area contributed by atoms with Crippen molar-refractivity contribution in [1.29, 1.82) is 0 Å². The van der Waals surface area contributed by atoms with Crippen molar-refractivity contribution in [3.8, 4) is 0 Å². The summed E-state index contributed by atoms with van der Waals surface area (Å²) in [7, 11) is 1.62. The molecule has 0 unspecified atom stereocenters. The molecule has 0 N–H and O–H groups in total. The van der Waals surface area contributed by atoms with Gasteiger partial charge in [-0.15, -0.1) is 0 Å². The molecule has 1 aromatic rings. The highest BCUT2D eigenvalue weighted by molar-refractivity contribution is 5.94. The number of benzene rings is 1. The summed E-state index contributed by atoms with van der Waals surface area (Å²) in [5, 5.41) is 0. The predicted molar refractivity (Wildman–Crippen MR) is 84.7 cm³/mol. The van der Waals surface area contributed by atoms with Crippen LogP contribution in [0.5, 0.6) is 0 Å². The number of ether oxygens (including phenoxy) is 2. The molecule has 0 atom stereocenters. The molecule has 0 saturated carbocycles. The zero-order valence-electron chi connectivity index (χ0n) is 13.5. The zero-order chi connectivity index (χ0) is 17.2. The lowest BCUT2D eigenvalue weighted by Crippen LogP contribution is -2.30. The fraction of sp³-hybridized carbons (Fsp3) is 0.353. The third-order valence-electron chi connectivity index (χ3n) is 2.75. The lowest BCUT2D eigenvalue weighted by Gasteiger charge is -2.16. The Kier molecular flexibility index (Phi) is 7.53. The highest BCUT2D eigenvalue weighted by Crippen LogP contribution is 2.02. The summed E-state index contributed by atoms with van der Waals surface area (Å²) in [5.74, 6) is -1.42. The van der Waals surface area contributed by atoms with Crippen molar-refractivity contribution < 1.29 is 23.9 Å². The number of rotatable bonds is 7. The largest absolute Gasteiger partial charge is 0.461 e. The fourth-order valence-electron chi connectivity index (χ4n) is 1.64. The van der Waals surface area contributed by atoms with Crippen LogP contribution in [0.1, 0.15) is 24.2 Å². The molecule has 0 fully saturated rings. The second kappa shape index (κ2) is 9.40. The van der Waals surface area contributed by atoms with E-state index < -0.39 is 11.9 Å². The molecule has 0 aliphatic carbocycles. The van der Waals surface area contributed by atoms with E-state index in [1.807, 2.05) is 6.07 Å². The maximum atomic E-state index is 12.0. The second-order valence-electron chi connectivity index (χ2n) is 5.08. The summed E-state index contributed by atoms with van der Waals surface area (Å²) in [6, 6.07) is 8.82. The van der Waals surface area contributed by atoms with Crippen LogP contribution in [-0.4, -0.2) is 49.0 Å². The highest BCUT2D eigenvalue weighted by Gasteiger charge is 2.11. The van der Waals surface area contributed by atoms with Gasteiger partial charge in [0.2, 0.25) is 0 Å². The quantitative estimate of drug-likeness (QED) is 0.566. The number of carbonyl (C=O) groups is 3. The molecule has 0 aliphatic rings. The number of hydrogen-bond donors (Lipinski definition) is 0. The van der Waals surface area contributed by atoms with E-state index in [-0.39, 0.29) is 25.2 Å². The molecule has 0 spiro atoms. The van der Waals surface area contributed by atoms with Gasteiger partial charge in [-0.1, -0.05) is 18.2 Å². The average Bonchev–Trinajstić information content (AvgIpc) is 2.52. The van der Waals surface area contributed by atoms with Crippen LogP contribution < -0.4 is 0 Å². The van der Waals surface area contributed by atoms with Crippen LogP contribution in [0.3, 0.4) is 0 Å². The lowest BCUT2D eigenvalue weighted by atomic mass is 10.2. The van der Waals surface area contributed by atoms with E-state index in [1.54, 1.807) is 45.2 Å². The second-order valence-corrected chi connectivity index (χ2v) is 5.08. The fourth-order valence-corrected chi connectivity index (χ4v) is 1.64. The van der Waals surface area contributed by atoms with Crippen molar-refractivity contribution >= 4 is 17.8 Å². The van der Waals surface area contributed by atoms with Gasteiger partial charge < -0.3 is 14.4 Å². The normalized spacial score (nSPS) is 10.6. The molecule has 1 amide bonds. The zero-order valence-corrected chi connectivity index (χ0v) is 13.5. The smallest absolute Gasteiger partial charge is 0.331 e. The number of hydrogen-bond acceptors (Lipinski definition) is 5. The molecule has 0 aromatic heterocycles. The topological polar surface area (TPSA) is 72.9 Å². The van der Waals surface area contributed by atoms with E-state index in [1.165, 1.54) is 4.90 Å². The number of nitrogens with zero attached hydrogens (tertiary/aromatic N) is 1. The van der Waals surface area contributed by atoms with E-state index in [0.29, 0.717) is 5.56 Å². The highest BCUT2D eigenvalue weighted by atomic mass is 16.5. The van der Waals surface area contributed by atoms with Crippen molar-refractivity contribution in [2.45, 2.75) is 20.0 Å². The Labute approximate surface area is 135 Å². The Morgan fingerprint density at radius 1 is 1.09 bits per heavy atom. The first-order valence-electron chi connectivity index (χ1n) is 7.26. The van der Waals surface area contributed by atoms with Crippen molar-refractivity contribution in [2.75, 3.05) is 20.2 Å². The minimum atomic E-state index is -0.661. The molecule has 0 radical (unpaired) electrons. The first kappa shape index (κ1) is 18.4. The molecule has 6 heteroatoms.